The Kier molecular flexibility index (Phi) is 5.48. The van der Waals surface area contributed by atoms with Crippen LogP contribution in [0.3, 0.4) is 0 Å². The lowest BCUT2D eigenvalue weighted by Crippen LogP contribution is -2.28. The van der Waals surface area contributed by atoms with E-state index in [0.717, 1.165) is 5.56 Å². The monoisotopic (exact) mass is 354 g/mol. The number of benzene rings is 2. The van der Waals surface area contributed by atoms with Gasteiger partial charge >= 0.3 is 11.7 Å². The van der Waals surface area contributed by atoms with E-state index in [1.54, 1.807) is 24.3 Å². The van der Waals surface area contributed by atoms with Crippen LogP contribution in [0.5, 0.6) is 0 Å². The molecule has 26 heavy (non-hydrogen) atoms. The van der Waals surface area contributed by atoms with E-state index >= 15 is 0 Å². The highest BCUT2D eigenvalue weighted by atomic mass is 16.5. The number of esters is 1. The maximum absolute atomic E-state index is 11.8. The zero-order valence-corrected chi connectivity index (χ0v) is 14.0. The summed E-state index contributed by atoms with van der Waals surface area (Å²) in [4.78, 5) is 35.4. The zero-order chi connectivity index (χ0) is 18.4. The molecule has 3 aromatic rings. The van der Waals surface area contributed by atoms with Crippen molar-refractivity contribution in [2.45, 2.75) is 19.5 Å². The Hall–Kier alpha value is -3.35. The number of carbonyl (C=O) groups is 2. The summed E-state index contributed by atoms with van der Waals surface area (Å²) >= 11 is 0. The Morgan fingerprint density at radius 2 is 1.77 bits per heavy atom. The molecule has 0 aliphatic carbocycles. The van der Waals surface area contributed by atoms with Gasteiger partial charge in [-0.25, -0.2) is 4.79 Å². The number of hydrogen-bond acceptors (Lipinski definition) is 5. The Balaban J connectivity index is 1.44. The number of carbonyl (C=O) groups excluding carboxylic acids is 2. The first-order chi connectivity index (χ1) is 12.6. The van der Waals surface area contributed by atoms with Crippen LogP contribution >= 0.6 is 0 Å². The number of hydrogen-bond donors (Lipinski definition) is 1. The number of nitrogens with one attached hydrogen (secondary N) is 1. The second-order valence-corrected chi connectivity index (χ2v) is 5.66. The molecule has 0 bridgehead atoms. The number of para-hydroxylation sites is 2. The highest BCUT2D eigenvalue weighted by Crippen LogP contribution is 2.12. The molecule has 0 radical (unpaired) electrons. The Morgan fingerprint density at radius 3 is 2.58 bits per heavy atom. The maximum Gasteiger partial charge on any atom is 0.419 e. The van der Waals surface area contributed by atoms with Crippen LogP contribution in [-0.4, -0.2) is 23.1 Å². The predicted octanol–water partition coefficient (Wildman–Crippen LogP) is 1.84. The van der Waals surface area contributed by atoms with Gasteiger partial charge in [0.15, 0.2) is 12.2 Å². The van der Waals surface area contributed by atoms with Crippen LogP contribution in [-0.2, 0) is 27.4 Å². The summed E-state index contributed by atoms with van der Waals surface area (Å²) in [5.74, 6) is -1.47. The molecular weight excluding hydrogens is 336 g/mol. The van der Waals surface area contributed by atoms with Crippen molar-refractivity contribution in [3.8, 4) is 0 Å². The number of rotatable bonds is 7. The van der Waals surface area contributed by atoms with Crippen molar-refractivity contribution in [3.05, 3.63) is 70.7 Å². The minimum Gasteiger partial charge on any atom is -0.456 e. The SMILES string of the molecule is O=C(COC(=O)CCn1c(=O)oc2ccccc21)NCc1ccccc1. The fraction of sp³-hybridized carbons (Fsp3) is 0.211. The largest absolute Gasteiger partial charge is 0.456 e. The Labute approximate surface area is 149 Å². The van der Waals surface area contributed by atoms with E-state index in [0.29, 0.717) is 17.6 Å². The average Bonchev–Trinajstić information content (AvgIpc) is 2.99. The molecule has 0 saturated heterocycles. The quantitative estimate of drug-likeness (QED) is 0.654. The topological polar surface area (TPSA) is 90.5 Å². The van der Waals surface area contributed by atoms with Gasteiger partial charge in [0.2, 0.25) is 0 Å². The normalized spacial score (nSPS) is 10.6. The first-order valence-electron chi connectivity index (χ1n) is 8.18. The molecule has 0 unspecified atom stereocenters. The first-order valence-corrected chi connectivity index (χ1v) is 8.18. The molecule has 0 aliphatic rings. The molecule has 0 aliphatic heterocycles. The summed E-state index contributed by atoms with van der Waals surface area (Å²) in [5.41, 5.74) is 2.04. The Morgan fingerprint density at radius 1 is 1.04 bits per heavy atom. The molecule has 134 valence electrons. The van der Waals surface area contributed by atoms with Crippen LogP contribution in [0.4, 0.5) is 0 Å². The third-order valence-electron chi connectivity index (χ3n) is 3.81. The van der Waals surface area contributed by atoms with Crippen molar-refractivity contribution in [2.75, 3.05) is 6.61 Å². The average molecular weight is 354 g/mol. The van der Waals surface area contributed by atoms with Crippen LogP contribution in [0.25, 0.3) is 11.1 Å². The summed E-state index contributed by atoms with van der Waals surface area (Å²) in [6.07, 6.45) is -0.0323. The van der Waals surface area contributed by atoms with Gasteiger partial charge in [0, 0.05) is 13.1 Å². The van der Waals surface area contributed by atoms with Crippen LogP contribution < -0.4 is 11.1 Å². The number of fused-ring (bicyclic) bond motifs is 1. The smallest absolute Gasteiger partial charge is 0.419 e. The molecule has 0 atom stereocenters. The van der Waals surface area contributed by atoms with E-state index < -0.39 is 11.7 Å². The van der Waals surface area contributed by atoms with Gasteiger partial charge < -0.3 is 14.5 Å². The van der Waals surface area contributed by atoms with Gasteiger partial charge in [-0.05, 0) is 17.7 Å². The highest BCUT2D eigenvalue weighted by molar-refractivity contribution is 5.80. The van der Waals surface area contributed by atoms with E-state index in [4.69, 9.17) is 9.15 Å². The minimum atomic E-state index is -0.558. The number of oxazole rings is 1. The molecule has 1 heterocycles. The minimum absolute atomic E-state index is 0.0323. The van der Waals surface area contributed by atoms with Crippen molar-refractivity contribution in [1.29, 1.82) is 0 Å². The number of nitrogens with zero attached hydrogens (tertiary/aromatic N) is 1. The van der Waals surface area contributed by atoms with Crippen molar-refractivity contribution in [2.24, 2.45) is 0 Å². The van der Waals surface area contributed by atoms with Crippen molar-refractivity contribution in [3.63, 3.8) is 0 Å². The van der Waals surface area contributed by atoms with Crippen LogP contribution in [0.2, 0.25) is 0 Å². The molecular formula is C19H18N2O5. The summed E-state index contributed by atoms with van der Waals surface area (Å²) in [6.45, 7) is 0.140. The van der Waals surface area contributed by atoms with Gasteiger partial charge in [0.05, 0.1) is 11.9 Å². The van der Waals surface area contributed by atoms with E-state index in [-0.39, 0.29) is 25.5 Å². The summed E-state index contributed by atoms with van der Waals surface area (Å²) in [5, 5.41) is 2.67. The van der Waals surface area contributed by atoms with Gasteiger partial charge in [0.1, 0.15) is 0 Å². The Bertz CT molecular complexity index is 959. The van der Waals surface area contributed by atoms with E-state index in [2.05, 4.69) is 5.32 Å². The van der Waals surface area contributed by atoms with Crippen LogP contribution in [0.1, 0.15) is 12.0 Å². The van der Waals surface area contributed by atoms with Crippen LogP contribution in [0, 0.1) is 0 Å². The van der Waals surface area contributed by atoms with Gasteiger partial charge in [0.25, 0.3) is 5.91 Å². The fourth-order valence-electron chi connectivity index (χ4n) is 2.49. The first kappa shape index (κ1) is 17.5. The summed E-state index contributed by atoms with van der Waals surface area (Å²) in [7, 11) is 0. The van der Waals surface area contributed by atoms with E-state index in [9.17, 15) is 14.4 Å². The predicted molar refractivity (Wildman–Crippen MR) is 94.3 cm³/mol. The molecule has 1 aromatic heterocycles. The number of amides is 1. The molecule has 3 rings (SSSR count). The maximum atomic E-state index is 11.8. The summed E-state index contributed by atoms with van der Waals surface area (Å²) < 4.78 is 11.4. The molecule has 7 nitrogen and oxygen atoms in total. The van der Waals surface area contributed by atoms with Crippen molar-refractivity contribution >= 4 is 23.0 Å². The van der Waals surface area contributed by atoms with Crippen molar-refractivity contribution in [1.82, 2.24) is 9.88 Å². The van der Waals surface area contributed by atoms with Gasteiger partial charge in [-0.15, -0.1) is 0 Å². The number of aryl methyl sites for hydroxylation is 1. The van der Waals surface area contributed by atoms with Gasteiger partial charge in [-0.3, -0.25) is 14.2 Å². The van der Waals surface area contributed by atoms with Crippen LogP contribution in [0.15, 0.2) is 63.8 Å². The standard InChI is InChI=1S/C19H18N2O5/c22-17(20-12-14-6-2-1-3-7-14)13-25-18(23)10-11-21-15-8-4-5-9-16(15)26-19(21)24/h1-9H,10-13H2,(H,20,22). The molecule has 7 heteroatoms. The molecule has 1 N–H and O–H groups in total. The molecule has 0 spiro atoms. The third-order valence-corrected chi connectivity index (χ3v) is 3.81. The lowest BCUT2D eigenvalue weighted by Gasteiger charge is -2.07. The van der Waals surface area contributed by atoms with Crippen molar-refractivity contribution < 1.29 is 18.7 Å². The fourth-order valence-corrected chi connectivity index (χ4v) is 2.49. The molecule has 0 fully saturated rings. The van der Waals surface area contributed by atoms with Gasteiger partial charge in [-0.2, -0.15) is 0 Å². The number of aromatic nitrogens is 1. The van der Waals surface area contributed by atoms with Gasteiger partial charge in [-0.1, -0.05) is 42.5 Å². The van der Waals surface area contributed by atoms with E-state index in [1.165, 1.54) is 4.57 Å². The lowest BCUT2D eigenvalue weighted by molar-refractivity contribution is -0.148. The molecule has 0 saturated carbocycles. The third kappa shape index (κ3) is 4.38. The van der Waals surface area contributed by atoms with E-state index in [1.807, 2.05) is 30.3 Å². The molecule has 2 aromatic carbocycles. The lowest BCUT2D eigenvalue weighted by atomic mass is 10.2. The molecule has 1 amide bonds. The second-order valence-electron chi connectivity index (χ2n) is 5.66. The highest BCUT2D eigenvalue weighted by Gasteiger charge is 2.12. The zero-order valence-electron chi connectivity index (χ0n) is 14.0. The number of ether oxygens (including phenoxy) is 1. The second kappa shape index (κ2) is 8.15. The summed E-state index contributed by atoms with van der Waals surface area (Å²) in [6, 6.07) is 16.4.